The van der Waals surface area contributed by atoms with Gasteiger partial charge in [0.15, 0.2) is 5.69 Å². The summed E-state index contributed by atoms with van der Waals surface area (Å²) in [5.74, 6) is -0.0621. The first kappa shape index (κ1) is 17.7. The molecule has 0 aliphatic carbocycles. The second-order valence-electron chi connectivity index (χ2n) is 5.16. The molecule has 24 heavy (non-hydrogen) atoms. The monoisotopic (exact) mass is 330 g/mol. The Bertz CT molecular complexity index is 682. The van der Waals surface area contributed by atoms with Gasteiger partial charge in [0.1, 0.15) is 5.82 Å². The van der Waals surface area contributed by atoms with Crippen LogP contribution in [0.1, 0.15) is 34.2 Å². The second kappa shape index (κ2) is 8.83. The zero-order valence-corrected chi connectivity index (χ0v) is 13.9. The first-order chi connectivity index (χ1) is 11.6. The van der Waals surface area contributed by atoms with Crippen molar-refractivity contribution in [3.63, 3.8) is 0 Å². The second-order valence-corrected chi connectivity index (χ2v) is 5.16. The van der Waals surface area contributed by atoms with E-state index in [2.05, 4.69) is 15.7 Å². The number of nitrogens with zero attached hydrogens (tertiary/aromatic N) is 2. The lowest BCUT2D eigenvalue weighted by molar-refractivity contribution is 0.0937. The average molecular weight is 330 g/mol. The zero-order valence-electron chi connectivity index (χ0n) is 13.9. The highest BCUT2D eigenvalue weighted by atomic mass is 16.5. The molecule has 2 rings (SSSR count). The Morgan fingerprint density at radius 1 is 1.21 bits per heavy atom. The van der Waals surface area contributed by atoms with Gasteiger partial charge in [-0.3, -0.25) is 14.3 Å². The van der Waals surface area contributed by atoms with Crippen LogP contribution >= 0.6 is 0 Å². The third-order valence-corrected chi connectivity index (χ3v) is 3.35. The highest BCUT2D eigenvalue weighted by molar-refractivity contribution is 6.04. The minimum absolute atomic E-state index is 0.248. The fourth-order valence-electron chi connectivity index (χ4n) is 2.08. The minimum atomic E-state index is -0.276. The van der Waals surface area contributed by atoms with Gasteiger partial charge in [-0.25, -0.2) is 0 Å². The van der Waals surface area contributed by atoms with Crippen LogP contribution in [0, 0.1) is 0 Å². The van der Waals surface area contributed by atoms with Crippen molar-refractivity contribution >= 4 is 17.6 Å². The van der Waals surface area contributed by atoms with Gasteiger partial charge in [0.2, 0.25) is 0 Å². The van der Waals surface area contributed by atoms with Gasteiger partial charge in [0, 0.05) is 38.4 Å². The number of benzene rings is 1. The van der Waals surface area contributed by atoms with Gasteiger partial charge in [-0.1, -0.05) is 18.2 Å². The van der Waals surface area contributed by atoms with E-state index in [1.807, 2.05) is 13.0 Å². The molecule has 2 amide bonds. The first-order valence-electron chi connectivity index (χ1n) is 7.88. The normalized spacial score (nSPS) is 10.4. The molecular weight excluding hydrogens is 308 g/mol. The van der Waals surface area contributed by atoms with E-state index in [9.17, 15) is 9.59 Å². The molecule has 0 bridgehead atoms. The number of hydrogen-bond acceptors (Lipinski definition) is 4. The topological polar surface area (TPSA) is 85.3 Å². The summed E-state index contributed by atoms with van der Waals surface area (Å²) in [5.41, 5.74) is 0.804. The summed E-state index contributed by atoms with van der Waals surface area (Å²) in [6, 6.07) is 10.4. The lowest BCUT2D eigenvalue weighted by Gasteiger charge is -2.04. The Morgan fingerprint density at radius 2 is 1.96 bits per heavy atom. The van der Waals surface area contributed by atoms with Crippen LogP contribution in [0.2, 0.25) is 0 Å². The summed E-state index contributed by atoms with van der Waals surface area (Å²) < 4.78 is 6.68. The molecule has 0 atom stereocenters. The van der Waals surface area contributed by atoms with Crippen molar-refractivity contribution in [2.24, 2.45) is 7.05 Å². The first-order valence-corrected chi connectivity index (χ1v) is 7.88. The van der Waals surface area contributed by atoms with E-state index in [0.29, 0.717) is 31.1 Å². The Kier molecular flexibility index (Phi) is 6.51. The fraction of sp³-hybridized carbons (Fsp3) is 0.353. The Morgan fingerprint density at radius 3 is 2.67 bits per heavy atom. The maximum absolute atomic E-state index is 12.2. The molecule has 2 N–H and O–H groups in total. The number of hydrogen-bond donors (Lipinski definition) is 2. The van der Waals surface area contributed by atoms with E-state index in [0.717, 1.165) is 6.42 Å². The van der Waals surface area contributed by atoms with E-state index < -0.39 is 0 Å². The summed E-state index contributed by atoms with van der Waals surface area (Å²) in [4.78, 5) is 24.2. The van der Waals surface area contributed by atoms with Crippen molar-refractivity contribution in [3.05, 3.63) is 47.7 Å². The molecule has 0 fully saturated rings. The quantitative estimate of drug-likeness (QED) is 0.723. The van der Waals surface area contributed by atoms with E-state index in [-0.39, 0.29) is 17.5 Å². The summed E-state index contributed by atoms with van der Waals surface area (Å²) in [5, 5.41) is 9.65. The van der Waals surface area contributed by atoms with Gasteiger partial charge < -0.3 is 15.4 Å². The van der Waals surface area contributed by atoms with Gasteiger partial charge in [-0.2, -0.15) is 5.10 Å². The molecule has 0 saturated carbocycles. The SMILES string of the molecule is CCOCCCNC(=O)c1cc(NC(=O)c2ccccc2)n(C)n1. The third-order valence-electron chi connectivity index (χ3n) is 3.35. The number of aromatic nitrogens is 2. The van der Waals surface area contributed by atoms with Crippen LogP contribution in [0.15, 0.2) is 36.4 Å². The number of amides is 2. The lowest BCUT2D eigenvalue weighted by Crippen LogP contribution is -2.25. The summed E-state index contributed by atoms with van der Waals surface area (Å²) in [6.07, 6.45) is 0.740. The molecule has 0 aliphatic rings. The molecule has 1 aromatic heterocycles. The zero-order chi connectivity index (χ0) is 17.4. The number of aryl methyl sites for hydroxylation is 1. The maximum Gasteiger partial charge on any atom is 0.271 e. The van der Waals surface area contributed by atoms with Crippen LogP contribution in [0.5, 0.6) is 0 Å². The van der Waals surface area contributed by atoms with Crippen molar-refractivity contribution in [2.75, 3.05) is 25.1 Å². The van der Waals surface area contributed by atoms with E-state index in [1.54, 1.807) is 37.4 Å². The van der Waals surface area contributed by atoms with Crippen LogP contribution in [0.4, 0.5) is 5.82 Å². The van der Waals surface area contributed by atoms with Crippen molar-refractivity contribution in [3.8, 4) is 0 Å². The molecule has 0 saturated heterocycles. The molecule has 2 aromatic rings. The van der Waals surface area contributed by atoms with Crippen molar-refractivity contribution < 1.29 is 14.3 Å². The molecule has 7 nitrogen and oxygen atoms in total. The van der Waals surface area contributed by atoms with Crippen LogP contribution in [0.3, 0.4) is 0 Å². The third kappa shape index (κ3) is 4.92. The molecule has 0 radical (unpaired) electrons. The van der Waals surface area contributed by atoms with Crippen molar-refractivity contribution in [2.45, 2.75) is 13.3 Å². The van der Waals surface area contributed by atoms with Gasteiger partial charge in [0.05, 0.1) is 0 Å². The highest BCUT2D eigenvalue weighted by Crippen LogP contribution is 2.11. The summed E-state index contributed by atoms with van der Waals surface area (Å²) >= 11 is 0. The Hall–Kier alpha value is -2.67. The smallest absolute Gasteiger partial charge is 0.271 e. The minimum Gasteiger partial charge on any atom is -0.382 e. The largest absolute Gasteiger partial charge is 0.382 e. The van der Waals surface area contributed by atoms with E-state index in [1.165, 1.54) is 4.68 Å². The van der Waals surface area contributed by atoms with E-state index in [4.69, 9.17) is 4.74 Å². The lowest BCUT2D eigenvalue weighted by atomic mass is 10.2. The summed E-state index contributed by atoms with van der Waals surface area (Å²) in [7, 11) is 1.67. The van der Waals surface area contributed by atoms with Crippen LogP contribution in [-0.4, -0.2) is 41.4 Å². The number of carbonyl (C=O) groups is 2. The van der Waals surface area contributed by atoms with Gasteiger partial charge in [-0.05, 0) is 25.5 Å². The number of anilines is 1. The number of ether oxygens (including phenoxy) is 1. The molecule has 0 spiro atoms. The Balaban J connectivity index is 1.92. The molecule has 0 unspecified atom stereocenters. The molecule has 1 aromatic carbocycles. The fourth-order valence-corrected chi connectivity index (χ4v) is 2.08. The predicted octanol–water partition coefficient (Wildman–Crippen LogP) is 1.83. The van der Waals surface area contributed by atoms with Gasteiger partial charge in [-0.15, -0.1) is 0 Å². The summed E-state index contributed by atoms with van der Waals surface area (Å²) in [6.45, 7) is 3.72. The number of nitrogens with one attached hydrogen (secondary N) is 2. The van der Waals surface area contributed by atoms with Gasteiger partial charge in [0.25, 0.3) is 11.8 Å². The predicted molar refractivity (Wildman–Crippen MR) is 91.0 cm³/mol. The average Bonchev–Trinajstić information content (AvgIpc) is 2.96. The molecule has 0 aliphatic heterocycles. The van der Waals surface area contributed by atoms with Crippen molar-refractivity contribution in [1.82, 2.24) is 15.1 Å². The molecule has 7 heteroatoms. The van der Waals surface area contributed by atoms with Crippen LogP contribution in [-0.2, 0) is 11.8 Å². The molecule has 128 valence electrons. The number of carbonyl (C=O) groups excluding carboxylic acids is 2. The molecule has 1 heterocycles. The number of rotatable bonds is 8. The molecular formula is C17H22N4O3. The standard InChI is InChI=1S/C17H22N4O3/c1-3-24-11-7-10-18-17(23)14-12-15(21(2)20-14)19-16(22)13-8-5-4-6-9-13/h4-6,8-9,12H,3,7,10-11H2,1-2H3,(H,18,23)(H,19,22). The van der Waals surface area contributed by atoms with E-state index >= 15 is 0 Å². The van der Waals surface area contributed by atoms with Gasteiger partial charge >= 0.3 is 0 Å². The highest BCUT2D eigenvalue weighted by Gasteiger charge is 2.14. The Labute approximate surface area is 141 Å². The maximum atomic E-state index is 12.2. The van der Waals surface area contributed by atoms with Crippen LogP contribution < -0.4 is 10.6 Å². The van der Waals surface area contributed by atoms with Crippen LogP contribution in [0.25, 0.3) is 0 Å². The van der Waals surface area contributed by atoms with Crippen molar-refractivity contribution in [1.29, 1.82) is 0 Å².